The second-order valence-electron chi connectivity index (χ2n) is 4.29. The molecule has 4 nitrogen and oxygen atoms in total. The number of nitrogens with one attached hydrogen (secondary N) is 1. The zero-order valence-corrected chi connectivity index (χ0v) is 11.2. The summed E-state index contributed by atoms with van der Waals surface area (Å²) in [6, 6.07) is 5.96. The van der Waals surface area contributed by atoms with Crippen molar-refractivity contribution in [1.82, 2.24) is 0 Å². The lowest BCUT2D eigenvalue weighted by Crippen LogP contribution is -2.24. The molecule has 4 heteroatoms. The molecule has 0 aromatic heterocycles. The standard InChI is InChI=1S/C14H21NO3/c1-4-18-14(17)8-12(16)9-15-13-7-5-6-10(2)11(13)3/h5-7,12,15-16H,4,8-9H2,1-3H3. The molecule has 0 bridgehead atoms. The Bertz CT molecular complexity index is 404. The Morgan fingerprint density at radius 3 is 2.83 bits per heavy atom. The van der Waals surface area contributed by atoms with Crippen LogP contribution in [0.1, 0.15) is 24.5 Å². The molecule has 0 aliphatic carbocycles. The monoisotopic (exact) mass is 251 g/mol. The van der Waals surface area contributed by atoms with Crippen LogP contribution in [0.4, 0.5) is 5.69 Å². The SMILES string of the molecule is CCOC(=O)CC(O)CNc1cccc(C)c1C. The van der Waals surface area contributed by atoms with Gasteiger partial charge in [0.2, 0.25) is 0 Å². The van der Waals surface area contributed by atoms with Crippen molar-refractivity contribution in [1.29, 1.82) is 0 Å². The molecular formula is C14H21NO3. The molecule has 0 saturated heterocycles. The third-order valence-electron chi connectivity index (χ3n) is 2.84. The van der Waals surface area contributed by atoms with E-state index in [1.165, 1.54) is 5.56 Å². The van der Waals surface area contributed by atoms with Crippen LogP contribution in [0, 0.1) is 13.8 Å². The average Bonchev–Trinajstić information content (AvgIpc) is 2.31. The highest BCUT2D eigenvalue weighted by Gasteiger charge is 2.11. The van der Waals surface area contributed by atoms with E-state index in [1.54, 1.807) is 6.92 Å². The van der Waals surface area contributed by atoms with E-state index in [0.29, 0.717) is 13.2 Å². The molecule has 0 spiro atoms. The third-order valence-corrected chi connectivity index (χ3v) is 2.84. The molecule has 100 valence electrons. The van der Waals surface area contributed by atoms with Crippen molar-refractivity contribution in [3.05, 3.63) is 29.3 Å². The number of aryl methyl sites for hydroxylation is 1. The summed E-state index contributed by atoms with van der Waals surface area (Å²) < 4.78 is 4.78. The summed E-state index contributed by atoms with van der Waals surface area (Å²) in [5, 5.41) is 12.8. The molecule has 0 aliphatic rings. The number of anilines is 1. The summed E-state index contributed by atoms with van der Waals surface area (Å²) in [6.07, 6.45) is -0.713. The second kappa shape index (κ2) is 7.01. The lowest BCUT2D eigenvalue weighted by molar-refractivity contribution is -0.145. The Kier molecular flexibility index (Phi) is 5.65. The van der Waals surface area contributed by atoms with Crippen molar-refractivity contribution < 1.29 is 14.6 Å². The summed E-state index contributed by atoms with van der Waals surface area (Å²) in [4.78, 5) is 11.2. The van der Waals surface area contributed by atoms with Crippen LogP contribution in [0.5, 0.6) is 0 Å². The molecule has 0 fully saturated rings. The van der Waals surface area contributed by atoms with Crippen LogP contribution in [-0.4, -0.2) is 30.3 Å². The van der Waals surface area contributed by atoms with Gasteiger partial charge in [-0.25, -0.2) is 0 Å². The highest BCUT2D eigenvalue weighted by atomic mass is 16.5. The van der Waals surface area contributed by atoms with Crippen LogP contribution in [0.25, 0.3) is 0 Å². The van der Waals surface area contributed by atoms with Crippen LogP contribution >= 0.6 is 0 Å². The van der Waals surface area contributed by atoms with Gasteiger partial charge in [0.15, 0.2) is 0 Å². The number of aliphatic hydroxyl groups excluding tert-OH is 1. The summed E-state index contributed by atoms with van der Waals surface area (Å²) in [6.45, 7) is 6.49. The maximum atomic E-state index is 11.2. The van der Waals surface area contributed by atoms with E-state index in [9.17, 15) is 9.90 Å². The van der Waals surface area contributed by atoms with E-state index < -0.39 is 6.10 Å². The molecule has 18 heavy (non-hydrogen) atoms. The van der Waals surface area contributed by atoms with E-state index in [-0.39, 0.29) is 12.4 Å². The first-order valence-corrected chi connectivity index (χ1v) is 6.18. The molecule has 2 N–H and O–H groups in total. The minimum absolute atomic E-state index is 0.0195. The fourth-order valence-corrected chi connectivity index (χ4v) is 1.65. The Labute approximate surface area is 108 Å². The number of carbonyl (C=O) groups excluding carboxylic acids is 1. The third kappa shape index (κ3) is 4.37. The Balaban J connectivity index is 2.45. The van der Waals surface area contributed by atoms with Crippen LogP contribution in [0.15, 0.2) is 18.2 Å². The first-order chi connectivity index (χ1) is 8.54. The van der Waals surface area contributed by atoms with E-state index in [0.717, 1.165) is 11.3 Å². The van der Waals surface area contributed by atoms with E-state index in [2.05, 4.69) is 5.32 Å². The zero-order chi connectivity index (χ0) is 13.5. The molecule has 1 atom stereocenters. The molecule has 1 aromatic rings. The predicted octanol–water partition coefficient (Wildman–Crippen LogP) is 2.03. The Morgan fingerprint density at radius 1 is 1.44 bits per heavy atom. The van der Waals surface area contributed by atoms with Crippen molar-refractivity contribution in [3.63, 3.8) is 0 Å². The molecule has 0 saturated carbocycles. The first kappa shape index (κ1) is 14.5. The summed E-state index contributed by atoms with van der Waals surface area (Å²) in [7, 11) is 0. The molecule has 1 rings (SSSR count). The Hall–Kier alpha value is -1.55. The molecule has 0 heterocycles. The topological polar surface area (TPSA) is 58.6 Å². The highest BCUT2D eigenvalue weighted by Crippen LogP contribution is 2.17. The number of aliphatic hydroxyl groups is 1. The van der Waals surface area contributed by atoms with Crippen LogP contribution < -0.4 is 5.32 Å². The second-order valence-corrected chi connectivity index (χ2v) is 4.29. The van der Waals surface area contributed by atoms with Crippen LogP contribution in [-0.2, 0) is 9.53 Å². The summed E-state index contributed by atoms with van der Waals surface area (Å²) in [5.74, 6) is -0.368. The van der Waals surface area contributed by atoms with Gasteiger partial charge in [-0.3, -0.25) is 4.79 Å². The van der Waals surface area contributed by atoms with Gasteiger partial charge in [0.1, 0.15) is 0 Å². The zero-order valence-electron chi connectivity index (χ0n) is 11.2. The predicted molar refractivity (Wildman–Crippen MR) is 71.7 cm³/mol. The number of rotatable bonds is 6. The molecule has 0 aliphatic heterocycles. The minimum atomic E-state index is -0.732. The van der Waals surface area contributed by atoms with Crippen molar-refractivity contribution in [2.45, 2.75) is 33.3 Å². The number of hydrogen-bond donors (Lipinski definition) is 2. The quantitative estimate of drug-likeness (QED) is 0.759. The van der Waals surface area contributed by atoms with Crippen molar-refractivity contribution in [2.24, 2.45) is 0 Å². The van der Waals surface area contributed by atoms with E-state index >= 15 is 0 Å². The number of ether oxygens (including phenoxy) is 1. The van der Waals surface area contributed by atoms with Gasteiger partial charge in [-0.15, -0.1) is 0 Å². The maximum absolute atomic E-state index is 11.2. The van der Waals surface area contributed by atoms with Crippen molar-refractivity contribution >= 4 is 11.7 Å². The molecule has 1 unspecified atom stereocenters. The van der Waals surface area contributed by atoms with Gasteiger partial charge >= 0.3 is 5.97 Å². The molecule has 1 aromatic carbocycles. The fraction of sp³-hybridized carbons (Fsp3) is 0.500. The number of benzene rings is 1. The van der Waals surface area contributed by atoms with Crippen molar-refractivity contribution in [3.8, 4) is 0 Å². The molecule has 0 amide bonds. The number of carbonyl (C=O) groups is 1. The largest absolute Gasteiger partial charge is 0.466 e. The lowest BCUT2D eigenvalue weighted by Gasteiger charge is -2.14. The normalized spacial score (nSPS) is 12.0. The molecule has 0 radical (unpaired) electrons. The van der Waals surface area contributed by atoms with Gasteiger partial charge < -0.3 is 15.2 Å². The van der Waals surface area contributed by atoms with Gasteiger partial charge in [0.25, 0.3) is 0 Å². The van der Waals surface area contributed by atoms with E-state index in [1.807, 2.05) is 32.0 Å². The smallest absolute Gasteiger partial charge is 0.308 e. The first-order valence-electron chi connectivity index (χ1n) is 6.18. The van der Waals surface area contributed by atoms with Gasteiger partial charge in [-0.05, 0) is 38.0 Å². The van der Waals surface area contributed by atoms with Gasteiger partial charge in [0, 0.05) is 12.2 Å². The average molecular weight is 251 g/mol. The summed E-state index contributed by atoms with van der Waals surface area (Å²) >= 11 is 0. The highest BCUT2D eigenvalue weighted by molar-refractivity contribution is 5.70. The maximum Gasteiger partial charge on any atom is 0.308 e. The Morgan fingerprint density at radius 2 is 2.17 bits per heavy atom. The van der Waals surface area contributed by atoms with Gasteiger partial charge in [0.05, 0.1) is 19.1 Å². The minimum Gasteiger partial charge on any atom is -0.466 e. The molecular weight excluding hydrogens is 230 g/mol. The van der Waals surface area contributed by atoms with Crippen LogP contribution in [0.2, 0.25) is 0 Å². The van der Waals surface area contributed by atoms with Crippen LogP contribution in [0.3, 0.4) is 0 Å². The van der Waals surface area contributed by atoms with E-state index in [4.69, 9.17) is 4.74 Å². The number of esters is 1. The summed E-state index contributed by atoms with van der Waals surface area (Å²) in [5.41, 5.74) is 3.33. The lowest BCUT2D eigenvalue weighted by atomic mass is 10.1. The van der Waals surface area contributed by atoms with Gasteiger partial charge in [-0.1, -0.05) is 12.1 Å². The van der Waals surface area contributed by atoms with Crippen molar-refractivity contribution in [2.75, 3.05) is 18.5 Å². The van der Waals surface area contributed by atoms with Gasteiger partial charge in [-0.2, -0.15) is 0 Å². The number of hydrogen-bond acceptors (Lipinski definition) is 4. The fourth-order valence-electron chi connectivity index (χ4n) is 1.65.